The van der Waals surface area contributed by atoms with Gasteiger partial charge in [-0.25, -0.2) is 4.39 Å². The molecule has 1 aromatic carbocycles. The van der Waals surface area contributed by atoms with Gasteiger partial charge in [0.25, 0.3) is 0 Å². The van der Waals surface area contributed by atoms with Crippen LogP contribution in [0.1, 0.15) is 32.4 Å². The van der Waals surface area contributed by atoms with Gasteiger partial charge in [0.15, 0.2) is 11.6 Å². The minimum Gasteiger partial charge on any atom is -0.494 e. The van der Waals surface area contributed by atoms with Gasteiger partial charge in [-0.15, -0.1) is 0 Å². The Morgan fingerprint density at radius 3 is 2.53 bits per heavy atom. The number of hydrogen-bond acceptors (Lipinski definition) is 3. The quantitative estimate of drug-likeness (QED) is 0.859. The van der Waals surface area contributed by atoms with E-state index in [0.29, 0.717) is 5.56 Å². The van der Waals surface area contributed by atoms with E-state index in [-0.39, 0.29) is 17.7 Å². The summed E-state index contributed by atoms with van der Waals surface area (Å²) in [4.78, 5) is 12.0. The number of rotatable bonds is 5. The average molecular weight is 268 g/mol. The number of carbonyl (C=O) groups is 1. The Morgan fingerprint density at radius 2 is 2.05 bits per heavy atom. The fourth-order valence-corrected chi connectivity index (χ4v) is 1.53. The number of nitrogens with one attached hydrogen (secondary N) is 2. The zero-order chi connectivity index (χ0) is 14.6. The predicted molar refractivity (Wildman–Crippen MR) is 72.6 cm³/mol. The molecule has 0 saturated carbocycles. The highest BCUT2D eigenvalue weighted by Crippen LogP contribution is 2.22. The van der Waals surface area contributed by atoms with Crippen molar-refractivity contribution >= 4 is 5.91 Å². The van der Waals surface area contributed by atoms with Crippen molar-refractivity contribution in [3.63, 3.8) is 0 Å². The van der Waals surface area contributed by atoms with E-state index in [1.807, 2.05) is 6.92 Å². The summed E-state index contributed by atoms with van der Waals surface area (Å²) in [7, 11) is 3.13. The number of hydrogen-bond donors (Lipinski definition) is 2. The van der Waals surface area contributed by atoms with Crippen LogP contribution in [0, 0.1) is 5.82 Å². The molecule has 5 heteroatoms. The summed E-state index contributed by atoms with van der Waals surface area (Å²) in [6.07, 6.45) is 0. The lowest BCUT2D eigenvalue weighted by molar-refractivity contribution is -0.126. The number of likely N-dealkylation sites (N-methyl/N-ethyl adjacent to an activating group) is 1. The van der Waals surface area contributed by atoms with E-state index in [9.17, 15) is 9.18 Å². The van der Waals surface area contributed by atoms with Crippen molar-refractivity contribution in [2.45, 2.75) is 32.4 Å². The smallest absolute Gasteiger partial charge is 0.240 e. The van der Waals surface area contributed by atoms with Crippen molar-refractivity contribution in [1.82, 2.24) is 10.6 Å². The van der Waals surface area contributed by atoms with Gasteiger partial charge in [0.1, 0.15) is 0 Å². The van der Waals surface area contributed by atoms with Gasteiger partial charge in [-0.3, -0.25) is 4.79 Å². The summed E-state index contributed by atoms with van der Waals surface area (Å²) in [5.74, 6) is -0.384. The minimum atomic E-state index is -0.667. The molecule has 1 rings (SSSR count). The van der Waals surface area contributed by atoms with E-state index >= 15 is 0 Å². The van der Waals surface area contributed by atoms with Gasteiger partial charge >= 0.3 is 0 Å². The summed E-state index contributed by atoms with van der Waals surface area (Å²) >= 11 is 0. The van der Waals surface area contributed by atoms with Crippen molar-refractivity contribution in [1.29, 1.82) is 0 Å². The lowest BCUT2D eigenvalue weighted by Gasteiger charge is -2.25. The first-order valence-electron chi connectivity index (χ1n) is 6.15. The van der Waals surface area contributed by atoms with Gasteiger partial charge in [-0.05, 0) is 45.5 Å². The van der Waals surface area contributed by atoms with Crippen LogP contribution in [0.2, 0.25) is 0 Å². The van der Waals surface area contributed by atoms with Crippen LogP contribution in [0.4, 0.5) is 4.39 Å². The van der Waals surface area contributed by atoms with Crippen LogP contribution in [0.5, 0.6) is 5.75 Å². The second kappa shape index (κ2) is 6.02. The summed E-state index contributed by atoms with van der Waals surface area (Å²) in [5, 5.41) is 5.76. The molecule has 0 fully saturated rings. The molecule has 1 amide bonds. The average Bonchev–Trinajstić information content (AvgIpc) is 2.38. The van der Waals surface area contributed by atoms with Gasteiger partial charge in [0.2, 0.25) is 5.91 Å². The van der Waals surface area contributed by atoms with Crippen LogP contribution in [0.15, 0.2) is 18.2 Å². The maximum absolute atomic E-state index is 13.6. The fraction of sp³-hybridized carbons (Fsp3) is 0.500. The van der Waals surface area contributed by atoms with Crippen molar-refractivity contribution in [2.75, 3.05) is 14.2 Å². The fourth-order valence-electron chi connectivity index (χ4n) is 1.53. The van der Waals surface area contributed by atoms with E-state index in [1.165, 1.54) is 13.2 Å². The third-order valence-electron chi connectivity index (χ3n) is 3.22. The molecule has 0 saturated heterocycles. The van der Waals surface area contributed by atoms with Gasteiger partial charge in [0.05, 0.1) is 18.7 Å². The molecule has 0 radical (unpaired) electrons. The normalized spacial score (nSPS) is 12.9. The number of amides is 1. The molecule has 0 aliphatic heterocycles. The SMILES string of the molecule is CNC(C)(C)C(=O)NC(C)c1ccc(OC)c(F)c1. The first-order valence-corrected chi connectivity index (χ1v) is 6.15. The summed E-state index contributed by atoms with van der Waals surface area (Å²) in [5.41, 5.74) is 0.0257. The highest BCUT2D eigenvalue weighted by atomic mass is 19.1. The molecule has 0 aliphatic rings. The lowest BCUT2D eigenvalue weighted by Crippen LogP contribution is -2.51. The Labute approximate surface area is 113 Å². The van der Waals surface area contributed by atoms with E-state index in [2.05, 4.69) is 10.6 Å². The van der Waals surface area contributed by atoms with Crippen LogP contribution in [0.3, 0.4) is 0 Å². The maximum Gasteiger partial charge on any atom is 0.240 e. The number of halogens is 1. The molecule has 0 aromatic heterocycles. The second-order valence-corrected chi connectivity index (χ2v) is 4.96. The number of carbonyl (C=O) groups excluding carboxylic acids is 1. The molecule has 106 valence electrons. The standard InChI is InChI=1S/C14H21FN2O2/c1-9(17-13(18)14(2,3)16-4)10-6-7-12(19-5)11(15)8-10/h6-9,16H,1-5H3,(H,17,18). The Balaban J connectivity index is 2.81. The van der Waals surface area contributed by atoms with Gasteiger partial charge in [-0.1, -0.05) is 6.07 Å². The third-order valence-corrected chi connectivity index (χ3v) is 3.22. The van der Waals surface area contributed by atoms with Crippen LogP contribution in [-0.2, 0) is 4.79 Å². The van der Waals surface area contributed by atoms with Gasteiger partial charge in [-0.2, -0.15) is 0 Å². The van der Waals surface area contributed by atoms with Crippen molar-refractivity contribution in [3.8, 4) is 5.75 Å². The van der Waals surface area contributed by atoms with Crippen molar-refractivity contribution in [2.24, 2.45) is 0 Å². The van der Waals surface area contributed by atoms with Crippen LogP contribution < -0.4 is 15.4 Å². The first kappa shape index (κ1) is 15.4. The lowest BCUT2D eigenvalue weighted by atomic mass is 10.0. The molecule has 2 N–H and O–H groups in total. The molecule has 1 atom stereocenters. The Hall–Kier alpha value is -1.62. The van der Waals surface area contributed by atoms with Crippen molar-refractivity contribution < 1.29 is 13.9 Å². The summed E-state index contributed by atoms with van der Waals surface area (Å²) in [6.45, 7) is 5.37. The zero-order valence-corrected chi connectivity index (χ0v) is 12.0. The van der Waals surface area contributed by atoms with Crippen LogP contribution in [0.25, 0.3) is 0 Å². The number of methoxy groups -OCH3 is 1. The van der Waals surface area contributed by atoms with Crippen LogP contribution in [-0.4, -0.2) is 25.6 Å². The van der Waals surface area contributed by atoms with E-state index in [0.717, 1.165) is 0 Å². The second-order valence-electron chi connectivity index (χ2n) is 4.96. The maximum atomic E-state index is 13.6. The molecule has 0 spiro atoms. The first-order chi connectivity index (χ1) is 8.81. The molecule has 0 aliphatic carbocycles. The Kier molecular flexibility index (Phi) is 4.89. The highest BCUT2D eigenvalue weighted by Gasteiger charge is 2.26. The molecular formula is C14H21FN2O2. The van der Waals surface area contributed by atoms with Crippen molar-refractivity contribution in [3.05, 3.63) is 29.6 Å². The number of ether oxygens (including phenoxy) is 1. The topological polar surface area (TPSA) is 50.4 Å². The van der Waals surface area contributed by atoms with Gasteiger partial charge in [0, 0.05) is 0 Å². The molecular weight excluding hydrogens is 247 g/mol. The minimum absolute atomic E-state index is 0.140. The molecule has 4 nitrogen and oxygen atoms in total. The molecule has 0 heterocycles. The molecule has 1 unspecified atom stereocenters. The Morgan fingerprint density at radius 1 is 1.42 bits per heavy atom. The largest absolute Gasteiger partial charge is 0.494 e. The zero-order valence-electron chi connectivity index (χ0n) is 12.0. The number of benzene rings is 1. The highest BCUT2D eigenvalue weighted by molar-refractivity contribution is 5.85. The predicted octanol–water partition coefficient (Wildman–Crippen LogP) is 2.01. The summed E-state index contributed by atoms with van der Waals surface area (Å²) < 4.78 is 18.5. The van der Waals surface area contributed by atoms with E-state index in [4.69, 9.17) is 4.74 Å². The monoisotopic (exact) mass is 268 g/mol. The molecule has 19 heavy (non-hydrogen) atoms. The Bertz CT molecular complexity index is 461. The molecule has 1 aromatic rings. The van der Waals surface area contributed by atoms with E-state index in [1.54, 1.807) is 33.0 Å². The van der Waals surface area contributed by atoms with E-state index < -0.39 is 11.4 Å². The van der Waals surface area contributed by atoms with Crippen LogP contribution >= 0.6 is 0 Å². The van der Waals surface area contributed by atoms with Gasteiger partial charge < -0.3 is 15.4 Å². The molecule has 0 bridgehead atoms. The summed E-state index contributed by atoms with van der Waals surface area (Å²) in [6, 6.07) is 4.38. The third kappa shape index (κ3) is 3.67.